The van der Waals surface area contributed by atoms with E-state index in [0.29, 0.717) is 5.69 Å². The molecule has 0 atom stereocenters. The Morgan fingerprint density at radius 2 is 1.48 bits per heavy atom. The molecule has 3 aromatic heterocycles. The van der Waals surface area contributed by atoms with Crippen LogP contribution in [-0.4, -0.2) is 19.4 Å². The summed E-state index contributed by atoms with van der Waals surface area (Å²) in [6.07, 6.45) is -5.58. The monoisotopic (exact) mass is 437 g/mol. The number of benzene rings is 1. The van der Waals surface area contributed by atoms with Crippen LogP contribution in [0.1, 0.15) is 16.8 Å². The molecule has 11 heteroatoms. The van der Waals surface area contributed by atoms with Crippen molar-refractivity contribution < 1.29 is 26.3 Å². The van der Waals surface area contributed by atoms with E-state index in [-0.39, 0.29) is 23.0 Å². The standard InChI is InChI=1S/C20H13F6N5/c1-12-18(30-10-14(20(24,25)26)4-7-17(30)29-12)31(16-8-9-27-11-28-16)15-5-2-13(3-6-15)19(21,22)23/h2-11H,1H3. The maximum Gasteiger partial charge on any atom is 0.417 e. The first-order valence-corrected chi connectivity index (χ1v) is 8.85. The zero-order valence-electron chi connectivity index (χ0n) is 15.8. The lowest BCUT2D eigenvalue weighted by molar-refractivity contribution is -0.138. The van der Waals surface area contributed by atoms with Crippen molar-refractivity contribution in [3.63, 3.8) is 0 Å². The molecule has 3 heterocycles. The second kappa shape index (κ2) is 7.25. The zero-order chi connectivity index (χ0) is 22.4. The van der Waals surface area contributed by atoms with Crippen molar-refractivity contribution in [2.24, 2.45) is 0 Å². The first kappa shape index (κ1) is 20.6. The van der Waals surface area contributed by atoms with Crippen molar-refractivity contribution in [2.75, 3.05) is 4.90 Å². The van der Waals surface area contributed by atoms with Crippen molar-refractivity contribution in [3.05, 3.63) is 78.0 Å². The average Bonchev–Trinajstić information content (AvgIpc) is 3.03. The molecule has 0 aliphatic carbocycles. The highest BCUT2D eigenvalue weighted by atomic mass is 19.4. The van der Waals surface area contributed by atoms with Crippen molar-refractivity contribution in [3.8, 4) is 0 Å². The van der Waals surface area contributed by atoms with E-state index in [1.165, 1.54) is 46.1 Å². The number of nitrogens with zero attached hydrogens (tertiary/aromatic N) is 5. The van der Waals surface area contributed by atoms with Gasteiger partial charge in [-0.15, -0.1) is 0 Å². The van der Waals surface area contributed by atoms with Crippen LogP contribution < -0.4 is 4.90 Å². The first-order chi connectivity index (χ1) is 14.6. The molecule has 1 aromatic carbocycles. The van der Waals surface area contributed by atoms with Gasteiger partial charge in [-0.1, -0.05) is 0 Å². The maximum absolute atomic E-state index is 13.3. The lowest BCUT2D eigenvalue weighted by Gasteiger charge is -2.24. The maximum atomic E-state index is 13.3. The molecule has 0 amide bonds. The van der Waals surface area contributed by atoms with Crippen LogP contribution in [0.2, 0.25) is 0 Å². The van der Waals surface area contributed by atoms with Gasteiger partial charge in [0.05, 0.1) is 16.8 Å². The minimum absolute atomic E-state index is 0.208. The van der Waals surface area contributed by atoms with E-state index in [1.54, 1.807) is 6.92 Å². The van der Waals surface area contributed by atoms with Gasteiger partial charge in [0.2, 0.25) is 0 Å². The lowest BCUT2D eigenvalue weighted by Crippen LogP contribution is -2.16. The SMILES string of the molecule is Cc1nc2ccc(C(F)(F)F)cn2c1N(c1ccc(C(F)(F)F)cc1)c1ccncn1. The van der Waals surface area contributed by atoms with Gasteiger partial charge in [-0.3, -0.25) is 9.30 Å². The second-order valence-electron chi connectivity index (χ2n) is 6.61. The third-order valence-electron chi connectivity index (χ3n) is 4.55. The van der Waals surface area contributed by atoms with Crippen LogP contribution in [0.5, 0.6) is 0 Å². The van der Waals surface area contributed by atoms with Gasteiger partial charge in [0.15, 0.2) is 0 Å². The second-order valence-corrected chi connectivity index (χ2v) is 6.61. The molecular weight excluding hydrogens is 424 g/mol. The number of halogens is 6. The van der Waals surface area contributed by atoms with Gasteiger partial charge in [0.1, 0.15) is 23.6 Å². The van der Waals surface area contributed by atoms with Crippen LogP contribution in [0, 0.1) is 6.92 Å². The van der Waals surface area contributed by atoms with E-state index in [2.05, 4.69) is 15.0 Å². The Labute approximate surface area is 171 Å². The van der Waals surface area contributed by atoms with Crippen LogP contribution in [0.15, 0.2) is 61.2 Å². The Balaban J connectivity index is 1.95. The topological polar surface area (TPSA) is 46.3 Å². The molecule has 4 rings (SSSR count). The van der Waals surface area contributed by atoms with E-state index in [9.17, 15) is 26.3 Å². The highest BCUT2D eigenvalue weighted by Crippen LogP contribution is 2.38. The number of rotatable bonds is 3. The number of imidazole rings is 1. The number of aryl methyl sites for hydroxylation is 1. The van der Waals surface area contributed by atoms with Crippen molar-refractivity contribution >= 4 is 23.0 Å². The molecule has 0 N–H and O–H groups in total. The Hall–Kier alpha value is -3.63. The number of anilines is 3. The quantitative estimate of drug-likeness (QED) is 0.372. The highest BCUT2D eigenvalue weighted by molar-refractivity contribution is 5.75. The van der Waals surface area contributed by atoms with Gasteiger partial charge in [-0.2, -0.15) is 26.3 Å². The largest absolute Gasteiger partial charge is 0.417 e. The normalized spacial score (nSPS) is 12.4. The molecule has 0 saturated heterocycles. The van der Waals surface area contributed by atoms with Crippen molar-refractivity contribution in [1.82, 2.24) is 19.4 Å². The minimum Gasteiger partial charge on any atom is -0.285 e. The Morgan fingerprint density at radius 3 is 2.06 bits per heavy atom. The van der Waals surface area contributed by atoms with E-state index < -0.39 is 23.5 Å². The Morgan fingerprint density at radius 1 is 0.839 bits per heavy atom. The number of pyridine rings is 1. The summed E-state index contributed by atoms with van der Waals surface area (Å²) >= 11 is 0. The van der Waals surface area contributed by atoms with Gasteiger partial charge >= 0.3 is 12.4 Å². The number of hydrogen-bond donors (Lipinski definition) is 0. The molecular formula is C20H13F6N5. The predicted octanol–water partition coefficient (Wildman–Crippen LogP) is 5.94. The number of hydrogen-bond acceptors (Lipinski definition) is 4. The summed E-state index contributed by atoms with van der Waals surface area (Å²) in [7, 11) is 0. The summed E-state index contributed by atoms with van der Waals surface area (Å²) < 4.78 is 80.1. The van der Waals surface area contributed by atoms with Gasteiger partial charge < -0.3 is 0 Å². The smallest absolute Gasteiger partial charge is 0.285 e. The highest BCUT2D eigenvalue weighted by Gasteiger charge is 2.33. The summed E-state index contributed by atoms with van der Waals surface area (Å²) in [5, 5.41) is 0. The molecule has 0 fully saturated rings. The fourth-order valence-electron chi connectivity index (χ4n) is 3.17. The molecule has 0 saturated carbocycles. The Bertz CT molecular complexity index is 1210. The summed E-state index contributed by atoms with van der Waals surface area (Å²) in [5.41, 5.74) is -0.889. The molecule has 160 valence electrons. The van der Waals surface area contributed by atoms with Crippen LogP contribution in [0.4, 0.5) is 43.7 Å². The molecule has 5 nitrogen and oxygen atoms in total. The summed E-state index contributed by atoms with van der Waals surface area (Å²) in [4.78, 5) is 13.7. The fraction of sp³-hybridized carbons (Fsp3) is 0.150. The van der Waals surface area contributed by atoms with Crippen LogP contribution in [0.25, 0.3) is 5.65 Å². The molecule has 31 heavy (non-hydrogen) atoms. The molecule has 0 radical (unpaired) electrons. The zero-order valence-corrected chi connectivity index (χ0v) is 15.8. The number of fused-ring (bicyclic) bond motifs is 1. The van der Waals surface area contributed by atoms with Gasteiger partial charge in [-0.25, -0.2) is 15.0 Å². The lowest BCUT2D eigenvalue weighted by atomic mass is 10.2. The van der Waals surface area contributed by atoms with Crippen LogP contribution in [-0.2, 0) is 12.4 Å². The van der Waals surface area contributed by atoms with E-state index in [0.717, 1.165) is 24.4 Å². The van der Waals surface area contributed by atoms with Crippen LogP contribution in [0.3, 0.4) is 0 Å². The Kier molecular flexibility index (Phi) is 4.83. The van der Waals surface area contributed by atoms with Gasteiger partial charge in [0.25, 0.3) is 0 Å². The molecule has 0 unspecified atom stereocenters. The number of alkyl halides is 6. The van der Waals surface area contributed by atoms with Crippen LogP contribution >= 0.6 is 0 Å². The van der Waals surface area contributed by atoms with E-state index >= 15 is 0 Å². The predicted molar refractivity (Wildman–Crippen MR) is 100 cm³/mol. The van der Waals surface area contributed by atoms with E-state index in [1.807, 2.05) is 0 Å². The van der Waals surface area contributed by atoms with Gasteiger partial charge in [-0.05, 0) is 49.4 Å². The molecule has 0 spiro atoms. The average molecular weight is 437 g/mol. The molecule has 4 aromatic rings. The number of aromatic nitrogens is 4. The summed E-state index contributed by atoms with van der Waals surface area (Å²) in [5.74, 6) is 0.455. The molecule has 0 aliphatic rings. The van der Waals surface area contributed by atoms with E-state index in [4.69, 9.17) is 0 Å². The van der Waals surface area contributed by atoms with Crippen molar-refractivity contribution in [2.45, 2.75) is 19.3 Å². The first-order valence-electron chi connectivity index (χ1n) is 8.85. The third-order valence-corrected chi connectivity index (χ3v) is 4.55. The third kappa shape index (κ3) is 3.90. The fourth-order valence-corrected chi connectivity index (χ4v) is 3.17. The summed E-state index contributed by atoms with van der Waals surface area (Å²) in [6.45, 7) is 1.59. The summed E-state index contributed by atoms with van der Waals surface area (Å²) in [6, 6.07) is 7.86. The van der Waals surface area contributed by atoms with Gasteiger partial charge in [0, 0.05) is 18.1 Å². The minimum atomic E-state index is -4.59. The molecule has 0 bridgehead atoms. The molecule has 0 aliphatic heterocycles. The van der Waals surface area contributed by atoms with Crippen molar-refractivity contribution in [1.29, 1.82) is 0 Å².